The Balaban J connectivity index is 1.74. The van der Waals surface area contributed by atoms with E-state index in [1.165, 1.54) is 24.3 Å². The first-order valence-corrected chi connectivity index (χ1v) is 10.9. The number of ether oxygens (including phenoxy) is 1. The standard InChI is InChI=1S/C22H18N4O5S/c1-31-16-6-4-5-15(13-16)23-20-21(25-19-8-3-2-7-18(19)24-20)26-32(29,30)17-11-9-14(10-12-17)22(27)28/h2-13H,1H3,(H,23,24)(H,25,26)(H,27,28). The summed E-state index contributed by atoms with van der Waals surface area (Å²) in [5.74, 6) is -0.340. The Kier molecular flexibility index (Phi) is 5.61. The fourth-order valence-corrected chi connectivity index (χ4v) is 3.97. The van der Waals surface area contributed by atoms with Crippen LogP contribution in [-0.2, 0) is 10.0 Å². The Labute approximate surface area is 183 Å². The van der Waals surface area contributed by atoms with E-state index in [4.69, 9.17) is 9.84 Å². The van der Waals surface area contributed by atoms with Gasteiger partial charge in [0, 0.05) is 11.8 Å². The van der Waals surface area contributed by atoms with E-state index in [0.717, 1.165) is 0 Å². The SMILES string of the molecule is COc1cccc(Nc2nc3ccccc3nc2NS(=O)(=O)c2ccc(C(=O)O)cc2)c1. The Morgan fingerprint density at radius 2 is 1.56 bits per heavy atom. The van der Waals surface area contributed by atoms with Crippen LogP contribution in [-0.4, -0.2) is 36.6 Å². The van der Waals surface area contributed by atoms with Crippen LogP contribution in [0.2, 0.25) is 0 Å². The number of anilines is 3. The number of para-hydroxylation sites is 2. The molecule has 0 aliphatic heterocycles. The van der Waals surface area contributed by atoms with Gasteiger partial charge < -0.3 is 15.2 Å². The van der Waals surface area contributed by atoms with Gasteiger partial charge in [-0.15, -0.1) is 0 Å². The lowest BCUT2D eigenvalue weighted by Crippen LogP contribution is -2.16. The zero-order valence-corrected chi connectivity index (χ0v) is 17.6. The van der Waals surface area contributed by atoms with Gasteiger partial charge in [-0.05, 0) is 48.5 Å². The average molecular weight is 450 g/mol. The van der Waals surface area contributed by atoms with Gasteiger partial charge in [0.25, 0.3) is 10.0 Å². The number of benzene rings is 3. The summed E-state index contributed by atoms with van der Waals surface area (Å²) in [6, 6.07) is 19.0. The highest BCUT2D eigenvalue weighted by atomic mass is 32.2. The van der Waals surface area contributed by atoms with Crippen LogP contribution in [0.1, 0.15) is 10.4 Å². The molecule has 0 aliphatic rings. The summed E-state index contributed by atoms with van der Waals surface area (Å²) in [7, 11) is -2.52. The molecule has 9 nitrogen and oxygen atoms in total. The number of nitrogens with zero attached hydrogens (tertiary/aromatic N) is 2. The molecule has 1 heterocycles. The molecule has 0 spiro atoms. The van der Waals surface area contributed by atoms with Crippen molar-refractivity contribution in [1.82, 2.24) is 9.97 Å². The van der Waals surface area contributed by atoms with E-state index in [-0.39, 0.29) is 22.1 Å². The third-order valence-electron chi connectivity index (χ3n) is 4.55. The molecule has 4 rings (SSSR count). The molecule has 3 aromatic carbocycles. The van der Waals surface area contributed by atoms with Crippen molar-refractivity contribution in [2.24, 2.45) is 0 Å². The summed E-state index contributed by atoms with van der Waals surface area (Å²) >= 11 is 0. The van der Waals surface area contributed by atoms with Crippen LogP contribution in [0.3, 0.4) is 0 Å². The molecule has 0 saturated carbocycles. The summed E-state index contributed by atoms with van der Waals surface area (Å²) in [6.07, 6.45) is 0. The summed E-state index contributed by atoms with van der Waals surface area (Å²) < 4.78 is 33.6. The lowest BCUT2D eigenvalue weighted by Gasteiger charge is -2.14. The zero-order chi connectivity index (χ0) is 22.7. The van der Waals surface area contributed by atoms with Crippen molar-refractivity contribution in [2.75, 3.05) is 17.1 Å². The highest BCUT2D eigenvalue weighted by molar-refractivity contribution is 7.92. The number of sulfonamides is 1. The number of carboxylic acids is 1. The number of carboxylic acid groups (broad SMARTS) is 1. The molecule has 0 radical (unpaired) electrons. The van der Waals surface area contributed by atoms with Crippen molar-refractivity contribution < 1.29 is 23.1 Å². The predicted octanol–water partition coefficient (Wildman–Crippen LogP) is 3.88. The quantitative estimate of drug-likeness (QED) is 0.387. The first-order chi connectivity index (χ1) is 15.4. The normalized spacial score (nSPS) is 11.2. The van der Waals surface area contributed by atoms with Crippen molar-refractivity contribution in [1.29, 1.82) is 0 Å². The summed E-state index contributed by atoms with van der Waals surface area (Å²) in [5, 5.41) is 12.1. The maximum Gasteiger partial charge on any atom is 0.335 e. The third-order valence-corrected chi connectivity index (χ3v) is 5.90. The molecule has 0 saturated heterocycles. The van der Waals surface area contributed by atoms with Crippen molar-refractivity contribution in [3.63, 3.8) is 0 Å². The summed E-state index contributed by atoms with van der Waals surface area (Å²) in [4.78, 5) is 19.9. The van der Waals surface area contributed by atoms with Crippen LogP contribution in [0.4, 0.5) is 17.3 Å². The van der Waals surface area contributed by atoms with Gasteiger partial charge in [-0.1, -0.05) is 18.2 Å². The molecule has 0 atom stereocenters. The number of hydrogen-bond donors (Lipinski definition) is 3. The molecule has 0 bridgehead atoms. The van der Waals surface area contributed by atoms with Gasteiger partial charge in [0.05, 0.1) is 28.6 Å². The second kappa shape index (κ2) is 8.52. The largest absolute Gasteiger partial charge is 0.497 e. The van der Waals surface area contributed by atoms with Crippen LogP contribution in [0.5, 0.6) is 5.75 Å². The van der Waals surface area contributed by atoms with Gasteiger partial charge in [0.2, 0.25) is 0 Å². The van der Waals surface area contributed by atoms with Crippen molar-refractivity contribution in [3.05, 3.63) is 78.4 Å². The van der Waals surface area contributed by atoms with Gasteiger partial charge in [-0.25, -0.2) is 23.2 Å². The Morgan fingerprint density at radius 1 is 0.906 bits per heavy atom. The van der Waals surface area contributed by atoms with E-state index in [1.54, 1.807) is 55.6 Å². The molecule has 0 fully saturated rings. The molecular formula is C22H18N4O5S. The fraction of sp³-hybridized carbons (Fsp3) is 0.0455. The maximum atomic E-state index is 12.9. The van der Waals surface area contributed by atoms with Crippen LogP contribution in [0.15, 0.2) is 77.7 Å². The first kappa shape index (κ1) is 21.1. The van der Waals surface area contributed by atoms with Gasteiger partial charge in [0.1, 0.15) is 5.75 Å². The molecule has 162 valence electrons. The number of carbonyl (C=O) groups is 1. The number of aromatic carboxylic acids is 1. The predicted molar refractivity (Wildman–Crippen MR) is 120 cm³/mol. The smallest absolute Gasteiger partial charge is 0.335 e. The van der Waals surface area contributed by atoms with E-state index in [9.17, 15) is 13.2 Å². The first-order valence-electron chi connectivity index (χ1n) is 9.40. The van der Waals surface area contributed by atoms with Crippen LogP contribution in [0, 0.1) is 0 Å². The van der Waals surface area contributed by atoms with Crippen molar-refractivity contribution in [2.45, 2.75) is 4.90 Å². The summed E-state index contributed by atoms with van der Waals surface area (Å²) in [6.45, 7) is 0. The highest BCUT2D eigenvalue weighted by Crippen LogP contribution is 2.28. The zero-order valence-electron chi connectivity index (χ0n) is 16.8. The molecule has 4 aromatic rings. The number of nitrogens with one attached hydrogen (secondary N) is 2. The molecule has 1 aromatic heterocycles. The third kappa shape index (κ3) is 4.44. The van der Waals surface area contributed by atoms with Gasteiger partial charge in [-0.3, -0.25) is 4.72 Å². The highest BCUT2D eigenvalue weighted by Gasteiger charge is 2.19. The lowest BCUT2D eigenvalue weighted by molar-refractivity contribution is 0.0696. The van der Waals surface area contributed by atoms with E-state index >= 15 is 0 Å². The van der Waals surface area contributed by atoms with Gasteiger partial charge in [0.15, 0.2) is 11.6 Å². The topological polar surface area (TPSA) is 131 Å². The Morgan fingerprint density at radius 3 is 2.19 bits per heavy atom. The number of aromatic nitrogens is 2. The van der Waals surface area contributed by atoms with E-state index in [2.05, 4.69) is 20.0 Å². The van der Waals surface area contributed by atoms with Gasteiger partial charge in [-0.2, -0.15) is 0 Å². The van der Waals surface area contributed by atoms with Crippen LogP contribution < -0.4 is 14.8 Å². The van der Waals surface area contributed by atoms with Crippen LogP contribution in [0.25, 0.3) is 11.0 Å². The molecule has 0 unspecified atom stereocenters. The molecular weight excluding hydrogens is 432 g/mol. The average Bonchev–Trinajstić information content (AvgIpc) is 2.79. The number of rotatable bonds is 7. The monoisotopic (exact) mass is 450 g/mol. The van der Waals surface area contributed by atoms with E-state index in [1.807, 2.05) is 0 Å². The van der Waals surface area contributed by atoms with Gasteiger partial charge >= 0.3 is 5.97 Å². The number of hydrogen-bond acceptors (Lipinski definition) is 7. The van der Waals surface area contributed by atoms with E-state index < -0.39 is 16.0 Å². The minimum Gasteiger partial charge on any atom is -0.497 e. The molecule has 10 heteroatoms. The minimum atomic E-state index is -4.06. The lowest BCUT2D eigenvalue weighted by atomic mass is 10.2. The van der Waals surface area contributed by atoms with E-state index in [0.29, 0.717) is 22.5 Å². The Hall–Kier alpha value is -4.18. The second-order valence-electron chi connectivity index (χ2n) is 6.70. The molecule has 32 heavy (non-hydrogen) atoms. The second-order valence-corrected chi connectivity index (χ2v) is 8.38. The molecule has 3 N–H and O–H groups in total. The fourth-order valence-electron chi connectivity index (χ4n) is 2.96. The van der Waals surface area contributed by atoms with Crippen molar-refractivity contribution >= 4 is 44.3 Å². The maximum absolute atomic E-state index is 12.9. The van der Waals surface area contributed by atoms with Crippen LogP contribution >= 0.6 is 0 Å². The number of fused-ring (bicyclic) bond motifs is 1. The summed E-state index contributed by atoms with van der Waals surface area (Å²) in [5.41, 5.74) is 1.68. The van der Waals surface area contributed by atoms with Crippen molar-refractivity contribution in [3.8, 4) is 5.75 Å². The Bertz CT molecular complexity index is 1410. The molecule has 0 amide bonds. The number of methoxy groups -OCH3 is 1. The minimum absolute atomic E-state index is 0.00571. The molecule has 0 aliphatic carbocycles.